The van der Waals surface area contributed by atoms with Crippen LogP contribution in [-0.4, -0.2) is 12.5 Å². The van der Waals surface area contributed by atoms with Gasteiger partial charge in [0.25, 0.3) is 0 Å². The van der Waals surface area contributed by atoms with Crippen molar-refractivity contribution in [2.75, 3.05) is 12.5 Å². The van der Waals surface area contributed by atoms with Crippen molar-refractivity contribution in [1.82, 2.24) is 0 Å². The van der Waals surface area contributed by atoms with Crippen molar-refractivity contribution in [3.05, 3.63) is 54.6 Å². The topological polar surface area (TPSA) is 9.23 Å². The Bertz CT molecular complexity index is 468. The average molecular weight is 261 g/mol. The summed E-state index contributed by atoms with van der Waals surface area (Å²) in [5.74, 6) is 1.62. The largest absolute Gasteiger partial charge is 0.494 e. The molecule has 0 bridgehead atoms. The van der Waals surface area contributed by atoms with Gasteiger partial charge in [0, 0.05) is 5.88 Å². The Kier molecular flexibility index (Phi) is 5.10. The second-order valence-corrected chi connectivity index (χ2v) is 4.52. The van der Waals surface area contributed by atoms with Gasteiger partial charge in [-0.2, -0.15) is 0 Å². The van der Waals surface area contributed by atoms with Crippen LogP contribution in [0.15, 0.2) is 54.6 Å². The molecule has 0 amide bonds. The van der Waals surface area contributed by atoms with E-state index in [1.54, 1.807) is 0 Å². The molecule has 0 saturated carbocycles. The second kappa shape index (κ2) is 7.07. The molecule has 0 aliphatic rings. The van der Waals surface area contributed by atoms with Gasteiger partial charge >= 0.3 is 0 Å². The van der Waals surface area contributed by atoms with E-state index in [4.69, 9.17) is 16.3 Å². The first kappa shape index (κ1) is 13.0. The Morgan fingerprint density at radius 2 is 1.61 bits per heavy atom. The molecule has 2 aromatic rings. The number of benzene rings is 2. The maximum atomic E-state index is 5.71. The van der Waals surface area contributed by atoms with E-state index in [1.165, 1.54) is 11.1 Å². The molecule has 0 unspecified atom stereocenters. The molecule has 0 radical (unpaired) electrons. The van der Waals surface area contributed by atoms with E-state index in [0.717, 1.165) is 25.2 Å². The Labute approximate surface area is 113 Å². The van der Waals surface area contributed by atoms with Crippen molar-refractivity contribution in [3.63, 3.8) is 0 Å². The number of alkyl halides is 1. The summed E-state index contributed by atoms with van der Waals surface area (Å²) >= 11 is 5.63. The standard InChI is InChI=1S/C16H17ClO/c17-11-4-5-12-18-16-10-6-9-15(13-16)14-7-2-1-3-8-14/h1-3,6-10,13H,4-5,11-12H2. The molecule has 0 fully saturated rings. The Balaban J connectivity index is 2.02. The molecule has 0 N–H and O–H groups in total. The van der Waals surface area contributed by atoms with Crippen molar-refractivity contribution < 1.29 is 4.74 Å². The van der Waals surface area contributed by atoms with Crippen LogP contribution in [0.3, 0.4) is 0 Å². The fraction of sp³-hybridized carbons (Fsp3) is 0.250. The fourth-order valence-corrected chi connectivity index (χ4v) is 1.97. The number of ether oxygens (including phenoxy) is 1. The minimum atomic E-state index is 0.702. The maximum Gasteiger partial charge on any atom is 0.119 e. The molecular formula is C16H17ClO. The van der Waals surface area contributed by atoms with Gasteiger partial charge in [0.2, 0.25) is 0 Å². The molecule has 0 atom stereocenters. The Morgan fingerprint density at radius 3 is 2.39 bits per heavy atom. The van der Waals surface area contributed by atoms with E-state index in [9.17, 15) is 0 Å². The molecule has 0 saturated heterocycles. The van der Waals surface area contributed by atoms with E-state index in [-0.39, 0.29) is 0 Å². The molecule has 2 rings (SSSR count). The molecule has 18 heavy (non-hydrogen) atoms. The third-order valence-corrected chi connectivity index (χ3v) is 3.01. The van der Waals surface area contributed by atoms with Crippen LogP contribution >= 0.6 is 11.6 Å². The van der Waals surface area contributed by atoms with Crippen LogP contribution in [0, 0.1) is 0 Å². The third-order valence-electron chi connectivity index (χ3n) is 2.74. The van der Waals surface area contributed by atoms with Gasteiger partial charge < -0.3 is 4.74 Å². The highest BCUT2D eigenvalue weighted by atomic mass is 35.5. The molecule has 0 heterocycles. The number of hydrogen-bond acceptors (Lipinski definition) is 1. The monoisotopic (exact) mass is 260 g/mol. The van der Waals surface area contributed by atoms with Crippen molar-refractivity contribution in [1.29, 1.82) is 0 Å². The lowest BCUT2D eigenvalue weighted by Crippen LogP contribution is -1.97. The normalized spacial score (nSPS) is 10.3. The van der Waals surface area contributed by atoms with Crippen LogP contribution in [0.25, 0.3) is 11.1 Å². The third kappa shape index (κ3) is 3.78. The molecule has 2 aromatic carbocycles. The lowest BCUT2D eigenvalue weighted by atomic mass is 10.1. The van der Waals surface area contributed by atoms with Crippen LogP contribution in [0.1, 0.15) is 12.8 Å². The predicted octanol–water partition coefficient (Wildman–Crippen LogP) is 4.75. The van der Waals surface area contributed by atoms with Gasteiger partial charge in [-0.05, 0) is 36.1 Å². The molecule has 0 aromatic heterocycles. The van der Waals surface area contributed by atoms with Crippen LogP contribution in [0.5, 0.6) is 5.75 Å². The van der Waals surface area contributed by atoms with E-state index in [2.05, 4.69) is 24.3 Å². The first-order valence-electron chi connectivity index (χ1n) is 6.24. The highest BCUT2D eigenvalue weighted by Gasteiger charge is 1.99. The molecule has 94 valence electrons. The average Bonchev–Trinajstić information content (AvgIpc) is 2.45. The summed E-state index contributed by atoms with van der Waals surface area (Å²) in [6.45, 7) is 0.727. The van der Waals surface area contributed by atoms with E-state index >= 15 is 0 Å². The van der Waals surface area contributed by atoms with Gasteiger partial charge in [-0.15, -0.1) is 11.6 Å². The quantitative estimate of drug-likeness (QED) is 0.538. The summed E-state index contributed by atoms with van der Waals surface area (Å²) in [6, 6.07) is 18.5. The highest BCUT2D eigenvalue weighted by Crippen LogP contribution is 2.23. The first-order chi connectivity index (χ1) is 8.90. The minimum Gasteiger partial charge on any atom is -0.494 e. The van der Waals surface area contributed by atoms with Crippen molar-refractivity contribution in [2.45, 2.75) is 12.8 Å². The minimum absolute atomic E-state index is 0.702. The van der Waals surface area contributed by atoms with E-state index < -0.39 is 0 Å². The van der Waals surface area contributed by atoms with Crippen LogP contribution < -0.4 is 4.74 Å². The summed E-state index contributed by atoms with van der Waals surface area (Å²) < 4.78 is 5.71. The van der Waals surface area contributed by atoms with Crippen molar-refractivity contribution in [3.8, 4) is 16.9 Å². The molecule has 1 nitrogen and oxygen atoms in total. The summed E-state index contributed by atoms with van der Waals surface area (Å²) in [7, 11) is 0. The van der Waals surface area contributed by atoms with Crippen LogP contribution in [-0.2, 0) is 0 Å². The number of hydrogen-bond donors (Lipinski definition) is 0. The molecule has 0 aliphatic carbocycles. The number of halogens is 1. The van der Waals surface area contributed by atoms with Gasteiger partial charge in [-0.1, -0.05) is 42.5 Å². The van der Waals surface area contributed by atoms with E-state index in [0.29, 0.717) is 5.88 Å². The van der Waals surface area contributed by atoms with Gasteiger partial charge in [-0.25, -0.2) is 0 Å². The SMILES string of the molecule is ClCCCCOc1cccc(-c2ccccc2)c1. The molecule has 2 heteroatoms. The summed E-state index contributed by atoms with van der Waals surface area (Å²) in [5, 5.41) is 0. The predicted molar refractivity (Wildman–Crippen MR) is 77.3 cm³/mol. The van der Waals surface area contributed by atoms with Crippen LogP contribution in [0.4, 0.5) is 0 Å². The zero-order valence-corrected chi connectivity index (χ0v) is 11.1. The van der Waals surface area contributed by atoms with Crippen LogP contribution in [0.2, 0.25) is 0 Å². The Morgan fingerprint density at radius 1 is 0.833 bits per heavy atom. The second-order valence-electron chi connectivity index (χ2n) is 4.14. The lowest BCUT2D eigenvalue weighted by molar-refractivity contribution is 0.310. The van der Waals surface area contributed by atoms with Gasteiger partial charge in [-0.3, -0.25) is 0 Å². The summed E-state index contributed by atoms with van der Waals surface area (Å²) in [6.07, 6.45) is 2.00. The maximum absolute atomic E-state index is 5.71. The zero-order valence-electron chi connectivity index (χ0n) is 10.3. The van der Waals surface area contributed by atoms with E-state index in [1.807, 2.05) is 30.3 Å². The molecule has 0 spiro atoms. The van der Waals surface area contributed by atoms with Gasteiger partial charge in [0.05, 0.1) is 6.61 Å². The number of unbranched alkanes of at least 4 members (excludes halogenated alkanes) is 1. The zero-order chi connectivity index (χ0) is 12.6. The summed E-state index contributed by atoms with van der Waals surface area (Å²) in [4.78, 5) is 0. The van der Waals surface area contributed by atoms with Gasteiger partial charge in [0.15, 0.2) is 0 Å². The highest BCUT2D eigenvalue weighted by molar-refractivity contribution is 6.17. The first-order valence-corrected chi connectivity index (χ1v) is 6.78. The molecule has 0 aliphatic heterocycles. The van der Waals surface area contributed by atoms with Crippen molar-refractivity contribution >= 4 is 11.6 Å². The smallest absolute Gasteiger partial charge is 0.119 e. The van der Waals surface area contributed by atoms with Crippen molar-refractivity contribution in [2.24, 2.45) is 0 Å². The lowest BCUT2D eigenvalue weighted by Gasteiger charge is -2.07. The summed E-state index contributed by atoms with van der Waals surface area (Å²) in [5.41, 5.74) is 2.40. The molecular weight excluding hydrogens is 244 g/mol. The fourth-order valence-electron chi connectivity index (χ4n) is 1.78. The number of rotatable bonds is 6. The van der Waals surface area contributed by atoms with Gasteiger partial charge in [0.1, 0.15) is 5.75 Å². The Hall–Kier alpha value is -1.47.